The largest absolute Gasteiger partial charge is 0.352 e. The van der Waals surface area contributed by atoms with E-state index in [9.17, 15) is 4.79 Å². The van der Waals surface area contributed by atoms with Crippen molar-refractivity contribution in [1.82, 2.24) is 5.32 Å². The Labute approximate surface area is 136 Å². The number of unbranched alkanes of at least 4 members (excludes halogenated alkanes) is 3. The van der Waals surface area contributed by atoms with Gasteiger partial charge >= 0.3 is 0 Å². The summed E-state index contributed by atoms with van der Waals surface area (Å²) in [6.45, 7) is 7.31. The molecule has 0 aliphatic rings. The Bertz CT molecular complexity index is 406. The van der Waals surface area contributed by atoms with Gasteiger partial charge in [-0.2, -0.15) is 0 Å². The molecule has 0 fully saturated rings. The van der Waals surface area contributed by atoms with Crippen LogP contribution in [0.1, 0.15) is 62.4 Å². The maximum absolute atomic E-state index is 12.0. The number of benzene rings is 1. The smallest absolute Gasteiger partial charge is 0.251 e. The standard InChI is InChI=1S/C17H26INO/c1-17(2,3)15-10-8-14(9-11-15)16(20)19-13-7-5-4-6-12-18/h8-11H,4-7,12-13H2,1-3H3,(H,19,20). The lowest BCUT2D eigenvalue weighted by atomic mass is 9.87. The van der Waals surface area contributed by atoms with Crippen LogP contribution in [0.15, 0.2) is 24.3 Å². The van der Waals surface area contributed by atoms with Crippen LogP contribution in [-0.2, 0) is 5.41 Å². The number of alkyl halides is 1. The van der Waals surface area contributed by atoms with Crippen molar-refractivity contribution in [3.05, 3.63) is 35.4 Å². The Kier molecular flexibility index (Phi) is 7.56. The third-order valence-corrected chi connectivity index (χ3v) is 4.12. The molecule has 3 heteroatoms. The van der Waals surface area contributed by atoms with E-state index in [4.69, 9.17) is 0 Å². The van der Waals surface area contributed by atoms with Crippen LogP contribution < -0.4 is 5.32 Å². The fourth-order valence-electron chi connectivity index (χ4n) is 2.00. The van der Waals surface area contributed by atoms with Crippen molar-refractivity contribution in [2.45, 2.75) is 51.9 Å². The minimum atomic E-state index is 0.0411. The molecule has 2 nitrogen and oxygen atoms in total. The molecule has 0 saturated heterocycles. The molecule has 0 radical (unpaired) electrons. The van der Waals surface area contributed by atoms with Gasteiger partial charge in [0.15, 0.2) is 0 Å². The van der Waals surface area contributed by atoms with Gasteiger partial charge in [-0.15, -0.1) is 0 Å². The van der Waals surface area contributed by atoms with E-state index >= 15 is 0 Å². The van der Waals surface area contributed by atoms with E-state index in [-0.39, 0.29) is 11.3 Å². The molecule has 0 aromatic heterocycles. The molecule has 1 amide bonds. The van der Waals surface area contributed by atoms with Crippen LogP contribution in [0.2, 0.25) is 0 Å². The second-order valence-electron chi connectivity index (χ2n) is 6.19. The number of halogens is 1. The predicted molar refractivity (Wildman–Crippen MR) is 94.8 cm³/mol. The summed E-state index contributed by atoms with van der Waals surface area (Å²) in [4.78, 5) is 12.0. The summed E-state index contributed by atoms with van der Waals surface area (Å²) >= 11 is 2.41. The van der Waals surface area contributed by atoms with Gasteiger partial charge in [0.1, 0.15) is 0 Å². The number of amides is 1. The molecule has 0 heterocycles. The van der Waals surface area contributed by atoms with Crippen molar-refractivity contribution in [2.75, 3.05) is 11.0 Å². The molecular formula is C17H26INO. The fraction of sp³-hybridized carbons (Fsp3) is 0.588. The number of hydrogen-bond acceptors (Lipinski definition) is 1. The first-order chi connectivity index (χ1) is 9.45. The molecule has 20 heavy (non-hydrogen) atoms. The minimum absolute atomic E-state index is 0.0411. The summed E-state index contributed by atoms with van der Waals surface area (Å²) in [5, 5.41) is 2.99. The Morgan fingerprint density at radius 3 is 2.20 bits per heavy atom. The zero-order chi connectivity index (χ0) is 15.0. The van der Waals surface area contributed by atoms with Crippen molar-refractivity contribution in [3.63, 3.8) is 0 Å². The van der Waals surface area contributed by atoms with Crippen molar-refractivity contribution >= 4 is 28.5 Å². The van der Waals surface area contributed by atoms with Crippen LogP contribution in [0.4, 0.5) is 0 Å². The van der Waals surface area contributed by atoms with Gasteiger partial charge in [0, 0.05) is 12.1 Å². The van der Waals surface area contributed by atoms with Gasteiger partial charge < -0.3 is 5.32 Å². The lowest BCUT2D eigenvalue weighted by Crippen LogP contribution is -2.24. The monoisotopic (exact) mass is 387 g/mol. The molecule has 112 valence electrons. The third kappa shape index (κ3) is 6.25. The predicted octanol–water partition coefficient (Wildman–Crippen LogP) is 4.71. The second kappa shape index (κ2) is 8.65. The van der Waals surface area contributed by atoms with E-state index in [0.717, 1.165) is 18.5 Å². The maximum atomic E-state index is 12.0. The first kappa shape index (κ1) is 17.5. The number of carbonyl (C=O) groups is 1. The van der Waals surface area contributed by atoms with Crippen molar-refractivity contribution in [1.29, 1.82) is 0 Å². The fourth-order valence-corrected chi connectivity index (χ4v) is 2.54. The molecule has 0 unspecified atom stereocenters. The van der Waals surface area contributed by atoms with Crippen LogP contribution in [0.5, 0.6) is 0 Å². The van der Waals surface area contributed by atoms with Gasteiger partial charge in [-0.05, 0) is 40.4 Å². The Morgan fingerprint density at radius 1 is 1.05 bits per heavy atom. The topological polar surface area (TPSA) is 29.1 Å². The maximum Gasteiger partial charge on any atom is 0.251 e. The van der Waals surface area contributed by atoms with E-state index in [1.54, 1.807) is 0 Å². The van der Waals surface area contributed by atoms with Crippen LogP contribution in [-0.4, -0.2) is 16.9 Å². The van der Waals surface area contributed by atoms with Crippen molar-refractivity contribution in [2.24, 2.45) is 0 Å². The van der Waals surface area contributed by atoms with Crippen LogP contribution in [0.3, 0.4) is 0 Å². The van der Waals surface area contributed by atoms with E-state index < -0.39 is 0 Å². The van der Waals surface area contributed by atoms with Crippen molar-refractivity contribution < 1.29 is 4.79 Å². The average Bonchev–Trinajstić information content (AvgIpc) is 2.41. The van der Waals surface area contributed by atoms with Crippen LogP contribution in [0.25, 0.3) is 0 Å². The number of nitrogens with one attached hydrogen (secondary N) is 1. The molecule has 0 aliphatic carbocycles. The van der Waals surface area contributed by atoms with Crippen molar-refractivity contribution in [3.8, 4) is 0 Å². The highest BCUT2D eigenvalue weighted by molar-refractivity contribution is 14.1. The highest BCUT2D eigenvalue weighted by Gasteiger charge is 2.14. The summed E-state index contributed by atoms with van der Waals surface area (Å²) in [5.74, 6) is 0.0411. The highest BCUT2D eigenvalue weighted by atomic mass is 127. The minimum Gasteiger partial charge on any atom is -0.352 e. The molecule has 1 N–H and O–H groups in total. The number of carbonyl (C=O) groups excluding carboxylic acids is 1. The summed E-state index contributed by atoms with van der Waals surface area (Å²) in [5.41, 5.74) is 2.14. The highest BCUT2D eigenvalue weighted by Crippen LogP contribution is 2.22. The van der Waals surface area contributed by atoms with E-state index in [0.29, 0.717) is 0 Å². The quantitative estimate of drug-likeness (QED) is 0.410. The van der Waals surface area contributed by atoms with E-state index in [1.165, 1.54) is 29.3 Å². The molecule has 0 spiro atoms. The van der Waals surface area contributed by atoms with Crippen LogP contribution in [0, 0.1) is 0 Å². The van der Waals surface area contributed by atoms with Gasteiger partial charge in [0.25, 0.3) is 5.91 Å². The van der Waals surface area contributed by atoms with Gasteiger partial charge in [-0.25, -0.2) is 0 Å². The lowest BCUT2D eigenvalue weighted by Gasteiger charge is -2.19. The van der Waals surface area contributed by atoms with Gasteiger partial charge in [-0.3, -0.25) is 4.79 Å². The molecule has 1 aromatic rings. The SMILES string of the molecule is CC(C)(C)c1ccc(C(=O)NCCCCCCI)cc1. The summed E-state index contributed by atoms with van der Waals surface area (Å²) < 4.78 is 1.23. The Balaban J connectivity index is 2.37. The second-order valence-corrected chi connectivity index (χ2v) is 7.27. The molecule has 1 aromatic carbocycles. The first-order valence-electron chi connectivity index (χ1n) is 7.40. The summed E-state index contributed by atoms with van der Waals surface area (Å²) in [6, 6.07) is 7.95. The van der Waals surface area contributed by atoms with E-state index in [1.807, 2.05) is 12.1 Å². The molecule has 0 atom stereocenters. The molecular weight excluding hydrogens is 361 g/mol. The zero-order valence-electron chi connectivity index (χ0n) is 12.8. The molecule has 0 aliphatic heterocycles. The van der Waals surface area contributed by atoms with Crippen LogP contribution >= 0.6 is 22.6 Å². The Morgan fingerprint density at radius 2 is 1.65 bits per heavy atom. The van der Waals surface area contributed by atoms with Gasteiger partial charge in [0.05, 0.1) is 0 Å². The van der Waals surface area contributed by atoms with Gasteiger partial charge in [-0.1, -0.05) is 68.3 Å². The third-order valence-electron chi connectivity index (χ3n) is 3.36. The summed E-state index contributed by atoms with van der Waals surface area (Å²) in [7, 11) is 0. The molecule has 0 saturated carbocycles. The van der Waals surface area contributed by atoms with E-state index in [2.05, 4.69) is 60.8 Å². The first-order valence-corrected chi connectivity index (χ1v) is 8.92. The average molecular weight is 387 g/mol. The number of hydrogen-bond donors (Lipinski definition) is 1. The Hall–Kier alpha value is -0.580. The lowest BCUT2D eigenvalue weighted by molar-refractivity contribution is 0.0953. The molecule has 0 bridgehead atoms. The molecule has 1 rings (SSSR count). The zero-order valence-corrected chi connectivity index (χ0v) is 15.0. The normalized spacial score (nSPS) is 11.4. The number of rotatable bonds is 7. The van der Waals surface area contributed by atoms with Gasteiger partial charge in [0.2, 0.25) is 0 Å². The summed E-state index contributed by atoms with van der Waals surface area (Å²) in [6.07, 6.45) is 4.82.